The number of hydrogen-bond donors (Lipinski definition) is 1. The van der Waals surface area contributed by atoms with E-state index in [0.717, 1.165) is 25.2 Å². The number of aryl methyl sites for hydroxylation is 1. The normalized spacial score (nSPS) is 10.9. The molecule has 106 valence electrons. The summed E-state index contributed by atoms with van der Waals surface area (Å²) in [5.41, 5.74) is 2.41. The monoisotopic (exact) mass is 263 g/mol. The van der Waals surface area contributed by atoms with Gasteiger partial charge >= 0.3 is 5.97 Å². The summed E-state index contributed by atoms with van der Waals surface area (Å²) in [6, 6.07) is 8.34. The SMILES string of the molecule is CCCN(CCC)Cc1ccc(CCC(=O)O)cc1. The van der Waals surface area contributed by atoms with Gasteiger partial charge < -0.3 is 5.11 Å². The van der Waals surface area contributed by atoms with E-state index in [4.69, 9.17) is 5.11 Å². The highest BCUT2D eigenvalue weighted by Gasteiger charge is 2.04. The predicted molar refractivity (Wildman–Crippen MR) is 78.3 cm³/mol. The number of carbonyl (C=O) groups is 1. The summed E-state index contributed by atoms with van der Waals surface area (Å²) in [5, 5.41) is 8.66. The molecule has 0 heterocycles. The molecule has 0 aliphatic rings. The molecule has 0 saturated heterocycles. The van der Waals surface area contributed by atoms with E-state index in [0.29, 0.717) is 6.42 Å². The molecule has 1 aromatic carbocycles. The van der Waals surface area contributed by atoms with Crippen LogP contribution in [0, 0.1) is 0 Å². The van der Waals surface area contributed by atoms with Gasteiger partial charge in [-0.05, 0) is 43.5 Å². The molecule has 0 amide bonds. The fourth-order valence-corrected chi connectivity index (χ4v) is 2.22. The number of benzene rings is 1. The Morgan fingerprint density at radius 2 is 1.58 bits per heavy atom. The average Bonchev–Trinajstić information content (AvgIpc) is 2.38. The number of carboxylic acids is 1. The van der Waals surface area contributed by atoms with E-state index in [1.54, 1.807) is 0 Å². The first-order valence-electron chi connectivity index (χ1n) is 7.17. The third-order valence-corrected chi connectivity index (χ3v) is 3.14. The van der Waals surface area contributed by atoms with Crippen LogP contribution in [0.15, 0.2) is 24.3 Å². The topological polar surface area (TPSA) is 40.5 Å². The molecule has 0 atom stereocenters. The Morgan fingerprint density at radius 1 is 1.05 bits per heavy atom. The second kappa shape index (κ2) is 8.70. The lowest BCUT2D eigenvalue weighted by atomic mass is 10.1. The van der Waals surface area contributed by atoms with Crippen LogP contribution < -0.4 is 0 Å². The molecule has 0 aliphatic heterocycles. The summed E-state index contributed by atoms with van der Waals surface area (Å²) in [6.45, 7) is 7.67. The van der Waals surface area contributed by atoms with E-state index in [1.807, 2.05) is 12.1 Å². The summed E-state index contributed by atoms with van der Waals surface area (Å²) < 4.78 is 0. The Morgan fingerprint density at radius 3 is 2.05 bits per heavy atom. The van der Waals surface area contributed by atoms with Crippen molar-refractivity contribution in [2.24, 2.45) is 0 Å². The van der Waals surface area contributed by atoms with Gasteiger partial charge in [-0.3, -0.25) is 9.69 Å². The first kappa shape index (κ1) is 15.7. The third kappa shape index (κ3) is 6.39. The van der Waals surface area contributed by atoms with Crippen LogP contribution in [0.4, 0.5) is 0 Å². The molecular weight excluding hydrogens is 238 g/mol. The molecule has 0 spiro atoms. The van der Waals surface area contributed by atoms with E-state index < -0.39 is 5.97 Å². The van der Waals surface area contributed by atoms with Crippen molar-refractivity contribution in [3.63, 3.8) is 0 Å². The lowest BCUT2D eigenvalue weighted by Gasteiger charge is -2.21. The summed E-state index contributed by atoms with van der Waals surface area (Å²) in [6.07, 6.45) is 3.17. The molecule has 1 aromatic rings. The molecule has 0 unspecified atom stereocenters. The maximum atomic E-state index is 10.5. The van der Waals surface area contributed by atoms with Gasteiger partial charge in [-0.2, -0.15) is 0 Å². The van der Waals surface area contributed by atoms with Crippen molar-refractivity contribution in [1.29, 1.82) is 0 Å². The second-order valence-corrected chi connectivity index (χ2v) is 4.99. The predicted octanol–water partition coefficient (Wildman–Crippen LogP) is 3.33. The fraction of sp³-hybridized carbons (Fsp3) is 0.562. The van der Waals surface area contributed by atoms with Crippen molar-refractivity contribution in [2.75, 3.05) is 13.1 Å². The summed E-state index contributed by atoms with van der Waals surface area (Å²) in [7, 11) is 0. The van der Waals surface area contributed by atoms with Crippen LogP contribution in [-0.2, 0) is 17.8 Å². The lowest BCUT2D eigenvalue weighted by Crippen LogP contribution is -2.24. The van der Waals surface area contributed by atoms with Gasteiger partial charge in [0, 0.05) is 13.0 Å². The third-order valence-electron chi connectivity index (χ3n) is 3.14. The molecule has 0 bridgehead atoms. The molecule has 1 N–H and O–H groups in total. The molecule has 19 heavy (non-hydrogen) atoms. The maximum absolute atomic E-state index is 10.5. The maximum Gasteiger partial charge on any atom is 0.303 e. The molecule has 3 heteroatoms. The quantitative estimate of drug-likeness (QED) is 0.743. The summed E-state index contributed by atoms with van der Waals surface area (Å²) in [5.74, 6) is -0.735. The number of aliphatic carboxylic acids is 1. The minimum Gasteiger partial charge on any atom is -0.481 e. The van der Waals surface area contributed by atoms with Crippen molar-refractivity contribution >= 4 is 5.97 Å². The molecule has 0 fully saturated rings. The van der Waals surface area contributed by atoms with E-state index in [-0.39, 0.29) is 6.42 Å². The van der Waals surface area contributed by atoms with Crippen molar-refractivity contribution < 1.29 is 9.90 Å². The Labute approximate surface area is 116 Å². The van der Waals surface area contributed by atoms with Crippen LogP contribution in [0.25, 0.3) is 0 Å². The molecule has 0 radical (unpaired) electrons. The van der Waals surface area contributed by atoms with E-state index in [2.05, 4.69) is 30.9 Å². The van der Waals surface area contributed by atoms with Crippen LogP contribution in [0.3, 0.4) is 0 Å². The Bertz CT molecular complexity index is 367. The van der Waals surface area contributed by atoms with E-state index in [9.17, 15) is 4.79 Å². The van der Waals surface area contributed by atoms with Gasteiger partial charge in [0.15, 0.2) is 0 Å². The highest BCUT2D eigenvalue weighted by atomic mass is 16.4. The molecule has 0 aromatic heterocycles. The fourth-order valence-electron chi connectivity index (χ4n) is 2.22. The Balaban J connectivity index is 2.52. The first-order valence-corrected chi connectivity index (χ1v) is 7.17. The number of nitrogens with zero attached hydrogens (tertiary/aromatic N) is 1. The van der Waals surface area contributed by atoms with Crippen LogP contribution in [0.2, 0.25) is 0 Å². The van der Waals surface area contributed by atoms with Gasteiger partial charge in [0.2, 0.25) is 0 Å². The average molecular weight is 263 g/mol. The molecule has 3 nitrogen and oxygen atoms in total. The summed E-state index contributed by atoms with van der Waals surface area (Å²) in [4.78, 5) is 13.0. The van der Waals surface area contributed by atoms with Gasteiger partial charge in [-0.25, -0.2) is 0 Å². The highest BCUT2D eigenvalue weighted by molar-refractivity contribution is 5.67. The number of rotatable bonds is 9. The lowest BCUT2D eigenvalue weighted by molar-refractivity contribution is -0.136. The standard InChI is InChI=1S/C16H25NO2/c1-3-11-17(12-4-2)13-15-7-5-14(6-8-15)9-10-16(18)19/h5-8H,3-4,9-13H2,1-2H3,(H,18,19). The molecular formula is C16H25NO2. The summed E-state index contributed by atoms with van der Waals surface area (Å²) >= 11 is 0. The van der Waals surface area contributed by atoms with Crippen LogP contribution in [0.1, 0.15) is 44.2 Å². The minimum absolute atomic E-state index is 0.205. The molecule has 0 saturated carbocycles. The van der Waals surface area contributed by atoms with Crippen molar-refractivity contribution in [3.8, 4) is 0 Å². The number of hydrogen-bond acceptors (Lipinski definition) is 2. The Kier molecular flexibility index (Phi) is 7.19. The zero-order chi connectivity index (χ0) is 14.1. The first-order chi connectivity index (χ1) is 9.15. The highest BCUT2D eigenvalue weighted by Crippen LogP contribution is 2.10. The zero-order valence-electron chi connectivity index (χ0n) is 12.1. The van der Waals surface area contributed by atoms with Gasteiger partial charge in [0.25, 0.3) is 0 Å². The van der Waals surface area contributed by atoms with Gasteiger partial charge in [-0.1, -0.05) is 38.1 Å². The smallest absolute Gasteiger partial charge is 0.303 e. The van der Waals surface area contributed by atoms with Crippen molar-refractivity contribution in [2.45, 2.75) is 46.1 Å². The van der Waals surface area contributed by atoms with Crippen molar-refractivity contribution in [1.82, 2.24) is 4.90 Å². The van der Waals surface area contributed by atoms with E-state index >= 15 is 0 Å². The zero-order valence-corrected chi connectivity index (χ0v) is 12.1. The van der Waals surface area contributed by atoms with Crippen LogP contribution in [-0.4, -0.2) is 29.1 Å². The van der Waals surface area contributed by atoms with Gasteiger partial charge in [0.1, 0.15) is 0 Å². The van der Waals surface area contributed by atoms with E-state index in [1.165, 1.54) is 18.4 Å². The molecule has 1 rings (SSSR count). The Hall–Kier alpha value is -1.35. The van der Waals surface area contributed by atoms with Gasteiger partial charge in [0.05, 0.1) is 0 Å². The molecule has 0 aliphatic carbocycles. The van der Waals surface area contributed by atoms with Crippen molar-refractivity contribution in [3.05, 3.63) is 35.4 Å². The van der Waals surface area contributed by atoms with Crippen LogP contribution in [0.5, 0.6) is 0 Å². The largest absolute Gasteiger partial charge is 0.481 e. The minimum atomic E-state index is -0.735. The van der Waals surface area contributed by atoms with Gasteiger partial charge in [-0.15, -0.1) is 0 Å². The van der Waals surface area contributed by atoms with Crippen LogP contribution >= 0.6 is 0 Å². The second-order valence-electron chi connectivity index (χ2n) is 4.99. The number of carboxylic acid groups (broad SMARTS) is 1.